The lowest BCUT2D eigenvalue weighted by Gasteiger charge is -2.23. The predicted molar refractivity (Wildman–Crippen MR) is 80.8 cm³/mol. The first kappa shape index (κ1) is 16.6. The molecule has 6 heteroatoms. The van der Waals surface area contributed by atoms with Crippen LogP contribution in [0.1, 0.15) is 60.7 Å². The highest BCUT2D eigenvalue weighted by Crippen LogP contribution is 2.28. The van der Waals surface area contributed by atoms with Gasteiger partial charge in [-0.15, -0.1) is 0 Å². The van der Waals surface area contributed by atoms with E-state index in [-0.39, 0.29) is 18.1 Å². The summed E-state index contributed by atoms with van der Waals surface area (Å²) in [6, 6.07) is 0.306. The molecule has 0 spiro atoms. The fourth-order valence-electron chi connectivity index (χ4n) is 1.84. The first-order chi connectivity index (χ1) is 9.42. The van der Waals surface area contributed by atoms with E-state index < -0.39 is 5.97 Å². The van der Waals surface area contributed by atoms with Gasteiger partial charge in [0.2, 0.25) is 0 Å². The van der Waals surface area contributed by atoms with E-state index in [4.69, 9.17) is 4.74 Å². The number of ketones is 1. The highest BCUT2D eigenvalue weighted by atomic mass is 32.1. The Morgan fingerprint density at radius 1 is 1.40 bits per heavy atom. The number of hydrogen-bond acceptors (Lipinski definition) is 6. The number of carbonyl (C=O) groups excluding carboxylic acids is 2. The molecule has 0 saturated carbocycles. The van der Waals surface area contributed by atoms with Gasteiger partial charge in [0.05, 0.1) is 6.61 Å². The van der Waals surface area contributed by atoms with Crippen LogP contribution in [0.15, 0.2) is 0 Å². The van der Waals surface area contributed by atoms with E-state index in [1.165, 1.54) is 18.3 Å². The summed E-state index contributed by atoms with van der Waals surface area (Å²) in [6.07, 6.45) is 2.10. The molecule has 0 aromatic carbocycles. The molecule has 0 aliphatic heterocycles. The van der Waals surface area contributed by atoms with Gasteiger partial charge in [0.15, 0.2) is 16.6 Å². The fraction of sp³-hybridized carbons (Fsp3) is 0.643. The van der Waals surface area contributed by atoms with E-state index in [0.717, 1.165) is 12.8 Å². The molecule has 0 aliphatic carbocycles. The van der Waals surface area contributed by atoms with Crippen LogP contribution in [0.4, 0.5) is 5.13 Å². The average Bonchev–Trinajstić information content (AvgIpc) is 2.83. The summed E-state index contributed by atoms with van der Waals surface area (Å²) in [5, 5.41) is 0.680. The Labute approximate surface area is 124 Å². The largest absolute Gasteiger partial charge is 0.461 e. The second kappa shape index (κ2) is 7.38. The number of rotatable bonds is 7. The minimum Gasteiger partial charge on any atom is -0.461 e. The summed E-state index contributed by atoms with van der Waals surface area (Å²) >= 11 is 1.25. The lowest BCUT2D eigenvalue weighted by Crippen LogP contribution is -2.28. The second-order valence-corrected chi connectivity index (χ2v) is 5.68. The normalized spacial score (nSPS) is 12.1. The van der Waals surface area contributed by atoms with Crippen molar-refractivity contribution < 1.29 is 14.3 Å². The molecule has 20 heavy (non-hydrogen) atoms. The molecule has 1 atom stereocenters. The van der Waals surface area contributed by atoms with Crippen LogP contribution in [0.2, 0.25) is 0 Å². The highest BCUT2D eigenvalue weighted by molar-refractivity contribution is 7.17. The van der Waals surface area contributed by atoms with Crippen LogP contribution in [0, 0.1) is 0 Å². The van der Waals surface area contributed by atoms with Gasteiger partial charge >= 0.3 is 5.97 Å². The molecule has 0 bridgehead atoms. The number of hydrogen-bond donors (Lipinski definition) is 0. The van der Waals surface area contributed by atoms with Crippen LogP contribution < -0.4 is 4.90 Å². The zero-order chi connectivity index (χ0) is 15.3. The van der Waals surface area contributed by atoms with Gasteiger partial charge in [-0.1, -0.05) is 24.7 Å². The van der Waals surface area contributed by atoms with Gasteiger partial charge in [-0.25, -0.2) is 9.78 Å². The quantitative estimate of drug-likeness (QED) is 0.571. The third-order valence-electron chi connectivity index (χ3n) is 3.07. The van der Waals surface area contributed by atoms with Gasteiger partial charge in [0, 0.05) is 20.0 Å². The summed E-state index contributed by atoms with van der Waals surface area (Å²) in [5.74, 6) is -0.690. The number of anilines is 1. The molecule has 0 N–H and O–H groups in total. The minimum absolute atomic E-state index is 0.134. The molecule has 0 radical (unpaired) electrons. The Kier molecular flexibility index (Phi) is 6.13. The summed E-state index contributed by atoms with van der Waals surface area (Å²) in [4.78, 5) is 30.2. The Hall–Kier alpha value is -1.43. The van der Waals surface area contributed by atoms with E-state index in [1.807, 2.05) is 11.9 Å². The standard InChI is InChI=1S/C14H22N2O3S/c1-6-8-9(3)16(5)14-15-11(13(18)19-7-2)12(20-14)10(4)17/h9H,6-8H2,1-5H3. The van der Waals surface area contributed by atoms with Crippen LogP contribution in [-0.4, -0.2) is 36.4 Å². The maximum Gasteiger partial charge on any atom is 0.358 e. The Morgan fingerprint density at radius 2 is 2.05 bits per heavy atom. The van der Waals surface area contributed by atoms with Crippen LogP contribution in [0.25, 0.3) is 0 Å². The summed E-state index contributed by atoms with van der Waals surface area (Å²) in [6.45, 7) is 7.66. The van der Waals surface area contributed by atoms with Gasteiger partial charge in [0.1, 0.15) is 4.88 Å². The monoisotopic (exact) mass is 298 g/mol. The van der Waals surface area contributed by atoms with Crippen LogP contribution in [0.5, 0.6) is 0 Å². The van der Waals surface area contributed by atoms with Gasteiger partial charge in [-0.05, 0) is 20.3 Å². The number of Topliss-reactive ketones (excluding diaryl/α,β-unsaturated/α-hetero) is 1. The van der Waals surface area contributed by atoms with Crippen molar-refractivity contribution in [2.45, 2.75) is 46.6 Å². The number of ether oxygens (including phenoxy) is 1. The molecule has 0 amide bonds. The molecule has 1 aromatic rings. The van der Waals surface area contributed by atoms with Gasteiger partial charge in [-0.3, -0.25) is 4.79 Å². The zero-order valence-corrected chi connectivity index (χ0v) is 13.5. The van der Waals surface area contributed by atoms with Crippen molar-refractivity contribution in [1.29, 1.82) is 0 Å². The fourth-order valence-corrected chi connectivity index (χ4v) is 2.85. The predicted octanol–water partition coefficient (Wildman–Crippen LogP) is 3.15. The molecule has 1 aromatic heterocycles. The van der Waals surface area contributed by atoms with Crippen molar-refractivity contribution in [3.8, 4) is 0 Å². The lowest BCUT2D eigenvalue weighted by atomic mass is 10.2. The molecular weight excluding hydrogens is 276 g/mol. The lowest BCUT2D eigenvalue weighted by molar-refractivity contribution is 0.0517. The van der Waals surface area contributed by atoms with Crippen molar-refractivity contribution in [2.24, 2.45) is 0 Å². The van der Waals surface area contributed by atoms with Crippen LogP contribution in [0.3, 0.4) is 0 Å². The first-order valence-electron chi connectivity index (χ1n) is 6.84. The minimum atomic E-state index is -0.531. The molecule has 1 unspecified atom stereocenters. The topological polar surface area (TPSA) is 59.5 Å². The maximum absolute atomic E-state index is 11.9. The van der Waals surface area contributed by atoms with Crippen molar-refractivity contribution >= 4 is 28.2 Å². The molecule has 0 aliphatic rings. The number of esters is 1. The molecule has 5 nitrogen and oxygen atoms in total. The SMILES string of the molecule is CCCC(C)N(C)c1nc(C(=O)OCC)c(C(C)=O)s1. The zero-order valence-electron chi connectivity index (χ0n) is 12.7. The molecule has 112 valence electrons. The molecule has 0 saturated heterocycles. The first-order valence-corrected chi connectivity index (χ1v) is 7.65. The molecule has 1 heterocycles. The molecule has 0 fully saturated rings. The summed E-state index contributed by atoms with van der Waals surface area (Å²) in [7, 11) is 1.93. The highest BCUT2D eigenvalue weighted by Gasteiger charge is 2.24. The van der Waals surface area contributed by atoms with E-state index in [1.54, 1.807) is 6.92 Å². The summed E-state index contributed by atoms with van der Waals surface area (Å²) < 4.78 is 4.95. The van der Waals surface area contributed by atoms with Crippen LogP contribution in [-0.2, 0) is 4.74 Å². The van der Waals surface area contributed by atoms with E-state index >= 15 is 0 Å². The second-order valence-electron chi connectivity index (χ2n) is 4.70. The number of nitrogens with zero attached hydrogens (tertiary/aromatic N) is 2. The van der Waals surface area contributed by atoms with Gasteiger partial charge in [-0.2, -0.15) is 0 Å². The van der Waals surface area contributed by atoms with Crippen molar-refractivity contribution in [3.63, 3.8) is 0 Å². The van der Waals surface area contributed by atoms with E-state index in [0.29, 0.717) is 16.1 Å². The maximum atomic E-state index is 11.9. The average molecular weight is 298 g/mol. The number of carbonyl (C=O) groups is 2. The Bertz CT molecular complexity index is 485. The molecular formula is C14H22N2O3S. The third-order valence-corrected chi connectivity index (χ3v) is 4.32. The van der Waals surface area contributed by atoms with Gasteiger partial charge < -0.3 is 9.64 Å². The van der Waals surface area contributed by atoms with Crippen LogP contribution >= 0.6 is 11.3 Å². The Balaban J connectivity index is 3.08. The van der Waals surface area contributed by atoms with Crippen molar-refractivity contribution in [1.82, 2.24) is 4.98 Å². The number of thiazole rings is 1. The van der Waals surface area contributed by atoms with Crippen molar-refractivity contribution in [2.75, 3.05) is 18.6 Å². The van der Waals surface area contributed by atoms with Crippen molar-refractivity contribution in [3.05, 3.63) is 10.6 Å². The van der Waals surface area contributed by atoms with E-state index in [2.05, 4.69) is 18.8 Å². The van der Waals surface area contributed by atoms with Gasteiger partial charge in [0.25, 0.3) is 0 Å². The van der Waals surface area contributed by atoms with E-state index in [9.17, 15) is 9.59 Å². The molecule has 1 rings (SSSR count). The smallest absolute Gasteiger partial charge is 0.358 e. The Morgan fingerprint density at radius 3 is 2.55 bits per heavy atom. The third kappa shape index (κ3) is 3.79. The summed E-state index contributed by atoms with van der Waals surface area (Å²) in [5.41, 5.74) is 0.134. The number of aromatic nitrogens is 1.